The summed E-state index contributed by atoms with van der Waals surface area (Å²) in [7, 11) is 1.66. The van der Waals surface area contributed by atoms with Crippen molar-refractivity contribution >= 4 is 12.6 Å². The van der Waals surface area contributed by atoms with Gasteiger partial charge in [0.05, 0.1) is 6.42 Å². The van der Waals surface area contributed by atoms with Gasteiger partial charge in [0.25, 0.3) is 0 Å². The first-order chi connectivity index (χ1) is 5.95. The molecule has 0 heterocycles. The second-order valence-electron chi connectivity index (χ2n) is 2.78. The SMILES string of the molecule is CN(CC=CCS)CCC(F)(F)F. The highest BCUT2D eigenvalue weighted by molar-refractivity contribution is 7.80. The number of nitrogens with zero attached hydrogens (tertiary/aromatic N) is 1. The Hall–Kier alpha value is -0.160. The van der Waals surface area contributed by atoms with Crippen LogP contribution in [0.15, 0.2) is 12.2 Å². The lowest BCUT2D eigenvalue weighted by Crippen LogP contribution is -2.24. The van der Waals surface area contributed by atoms with Crippen LogP contribution in [-0.2, 0) is 0 Å². The Kier molecular flexibility index (Phi) is 6.24. The van der Waals surface area contributed by atoms with Crippen LogP contribution >= 0.6 is 12.6 Å². The zero-order valence-electron chi connectivity index (χ0n) is 7.51. The van der Waals surface area contributed by atoms with Crippen LogP contribution in [0.25, 0.3) is 0 Å². The van der Waals surface area contributed by atoms with Gasteiger partial charge >= 0.3 is 6.18 Å². The monoisotopic (exact) mass is 213 g/mol. The van der Waals surface area contributed by atoms with Crippen LogP contribution in [0.3, 0.4) is 0 Å². The standard InChI is InChI=1S/C8H14F3NS/c1-12(5-2-3-7-13)6-4-8(9,10)11/h2-3,13H,4-7H2,1H3. The van der Waals surface area contributed by atoms with Gasteiger partial charge in [-0.1, -0.05) is 12.2 Å². The van der Waals surface area contributed by atoms with Crippen molar-refractivity contribution in [3.63, 3.8) is 0 Å². The van der Waals surface area contributed by atoms with Crippen LogP contribution in [0.1, 0.15) is 6.42 Å². The van der Waals surface area contributed by atoms with Crippen molar-refractivity contribution < 1.29 is 13.2 Å². The molecule has 5 heteroatoms. The Balaban J connectivity index is 3.51. The fourth-order valence-electron chi connectivity index (χ4n) is 0.738. The molecular weight excluding hydrogens is 199 g/mol. The number of thiol groups is 1. The summed E-state index contributed by atoms with van der Waals surface area (Å²) in [6.45, 7) is 0.580. The fourth-order valence-corrected chi connectivity index (χ4v) is 0.887. The van der Waals surface area contributed by atoms with E-state index in [9.17, 15) is 13.2 Å². The Morgan fingerprint density at radius 3 is 2.38 bits per heavy atom. The summed E-state index contributed by atoms with van der Waals surface area (Å²) < 4.78 is 35.2. The third kappa shape index (κ3) is 9.76. The molecule has 0 aliphatic heterocycles. The minimum Gasteiger partial charge on any atom is -0.302 e. The number of likely N-dealkylation sites (N-methyl/N-ethyl adjacent to an activating group) is 1. The molecule has 0 aromatic carbocycles. The molecule has 0 saturated heterocycles. The van der Waals surface area contributed by atoms with Gasteiger partial charge in [0.1, 0.15) is 0 Å². The predicted octanol–water partition coefficient (Wildman–Crippen LogP) is 2.36. The van der Waals surface area contributed by atoms with E-state index in [2.05, 4.69) is 12.6 Å². The summed E-state index contributed by atoms with van der Waals surface area (Å²) in [5.74, 6) is 0.618. The molecule has 1 nitrogen and oxygen atoms in total. The van der Waals surface area contributed by atoms with Crippen LogP contribution in [0, 0.1) is 0 Å². The lowest BCUT2D eigenvalue weighted by atomic mass is 10.4. The molecule has 0 fully saturated rings. The van der Waals surface area contributed by atoms with Gasteiger partial charge in [0.2, 0.25) is 0 Å². The van der Waals surface area contributed by atoms with E-state index in [0.717, 1.165) is 0 Å². The third-order valence-corrected chi connectivity index (χ3v) is 1.68. The van der Waals surface area contributed by atoms with Crippen molar-refractivity contribution in [3.05, 3.63) is 12.2 Å². The average Bonchev–Trinajstić information content (AvgIpc) is 2.00. The Labute approximate surface area is 82.0 Å². The molecule has 13 heavy (non-hydrogen) atoms. The maximum Gasteiger partial charge on any atom is 0.390 e. The van der Waals surface area contributed by atoms with E-state index in [0.29, 0.717) is 12.3 Å². The molecule has 0 atom stereocenters. The molecule has 78 valence electrons. The number of alkyl halides is 3. The van der Waals surface area contributed by atoms with Crippen molar-refractivity contribution in [3.8, 4) is 0 Å². The van der Waals surface area contributed by atoms with Gasteiger partial charge in [0, 0.05) is 18.8 Å². The normalized spacial score (nSPS) is 13.1. The van der Waals surface area contributed by atoms with E-state index in [4.69, 9.17) is 0 Å². The Bertz CT molecular complexity index is 156. The number of hydrogen-bond acceptors (Lipinski definition) is 2. The lowest BCUT2D eigenvalue weighted by Gasteiger charge is -2.15. The molecule has 0 spiro atoms. The second kappa shape index (κ2) is 6.32. The van der Waals surface area contributed by atoms with Gasteiger partial charge in [-0.2, -0.15) is 25.8 Å². The zero-order valence-corrected chi connectivity index (χ0v) is 8.41. The van der Waals surface area contributed by atoms with Gasteiger partial charge in [0.15, 0.2) is 0 Å². The van der Waals surface area contributed by atoms with Gasteiger partial charge in [-0.05, 0) is 7.05 Å². The van der Waals surface area contributed by atoms with Gasteiger partial charge in [-0.25, -0.2) is 0 Å². The minimum absolute atomic E-state index is 0.0421. The van der Waals surface area contributed by atoms with Gasteiger partial charge < -0.3 is 4.90 Å². The first-order valence-electron chi connectivity index (χ1n) is 3.97. The Morgan fingerprint density at radius 1 is 1.31 bits per heavy atom. The smallest absolute Gasteiger partial charge is 0.302 e. The van der Waals surface area contributed by atoms with Crippen LogP contribution in [0.4, 0.5) is 13.2 Å². The first kappa shape index (κ1) is 12.8. The highest BCUT2D eigenvalue weighted by Crippen LogP contribution is 2.19. The predicted molar refractivity (Wildman–Crippen MR) is 51.2 cm³/mol. The summed E-state index contributed by atoms with van der Waals surface area (Å²) >= 11 is 3.94. The van der Waals surface area contributed by atoms with Crippen LogP contribution in [0.2, 0.25) is 0 Å². The average molecular weight is 213 g/mol. The summed E-state index contributed by atoms with van der Waals surface area (Å²) in [6.07, 6.45) is -1.18. The first-order valence-corrected chi connectivity index (χ1v) is 4.60. The molecule has 0 aromatic heterocycles. The zero-order chi connectivity index (χ0) is 10.3. The maximum absolute atomic E-state index is 11.7. The number of rotatable bonds is 5. The highest BCUT2D eigenvalue weighted by Gasteiger charge is 2.26. The van der Waals surface area contributed by atoms with Crippen molar-refractivity contribution in [2.75, 3.05) is 25.9 Å². The molecule has 0 bridgehead atoms. The molecule has 0 aliphatic carbocycles. The van der Waals surface area contributed by atoms with Crippen molar-refractivity contribution in [1.29, 1.82) is 0 Å². The summed E-state index contributed by atoms with van der Waals surface area (Å²) in [4.78, 5) is 1.62. The van der Waals surface area contributed by atoms with Crippen molar-refractivity contribution in [2.45, 2.75) is 12.6 Å². The van der Waals surface area contributed by atoms with Crippen molar-refractivity contribution in [1.82, 2.24) is 4.90 Å². The third-order valence-electron chi connectivity index (χ3n) is 1.47. The molecule has 0 radical (unpaired) electrons. The van der Waals surface area contributed by atoms with Crippen LogP contribution < -0.4 is 0 Å². The topological polar surface area (TPSA) is 3.24 Å². The lowest BCUT2D eigenvalue weighted by molar-refractivity contribution is -0.137. The second-order valence-corrected chi connectivity index (χ2v) is 3.15. The maximum atomic E-state index is 11.7. The van der Waals surface area contributed by atoms with E-state index in [1.165, 1.54) is 0 Å². The molecule has 0 saturated carbocycles. The summed E-state index contributed by atoms with van der Waals surface area (Å²) in [5.41, 5.74) is 0. The number of halogens is 3. The molecule has 0 amide bonds. The van der Waals surface area contributed by atoms with Crippen molar-refractivity contribution in [2.24, 2.45) is 0 Å². The van der Waals surface area contributed by atoms with Gasteiger partial charge in [-0.15, -0.1) is 0 Å². The molecular formula is C8H14F3NS. The number of hydrogen-bond donors (Lipinski definition) is 1. The summed E-state index contributed by atoms with van der Waals surface area (Å²) in [5, 5.41) is 0. The minimum atomic E-state index is -4.05. The van der Waals surface area contributed by atoms with E-state index >= 15 is 0 Å². The largest absolute Gasteiger partial charge is 0.390 e. The van der Waals surface area contributed by atoms with E-state index in [1.54, 1.807) is 11.9 Å². The Morgan fingerprint density at radius 2 is 1.92 bits per heavy atom. The van der Waals surface area contributed by atoms with Crippen LogP contribution in [0.5, 0.6) is 0 Å². The quantitative estimate of drug-likeness (QED) is 0.542. The molecule has 0 aliphatic rings. The molecule has 0 N–H and O–H groups in total. The van der Waals surface area contributed by atoms with E-state index in [1.807, 2.05) is 12.2 Å². The fraction of sp³-hybridized carbons (Fsp3) is 0.750. The van der Waals surface area contributed by atoms with Gasteiger partial charge in [-0.3, -0.25) is 0 Å². The summed E-state index contributed by atoms with van der Waals surface area (Å²) in [6, 6.07) is 0. The van der Waals surface area contributed by atoms with E-state index in [-0.39, 0.29) is 6.54 Å². The molecule has 0 unspecified atom stereocenters. The molecule has 0 aromatic rings. The highest BCUT2D eigenvalue weighted by atomic mass is 32.1. The van der Waals surface area contributed by atoms with E-state index < -0.39 is 12.6 Å². The van der Waals surface area contributed by atoms with Crippen LogP contribution in [-0.4, -0.2) is 37.0 Å². The molecule has 0 rings (SSSR count).